The fraction of sp³-hybridized carbons (Fsp3) is 0.400. The van der Waals surface area contributed by atoms with Crippen molar-refractivity contribution < 1.29 is 0 Å². The fourth-order valence-electron chi connectivity index (χ4n) is 1.65. The summed E-state index contributed by atoms with van der Waals surface area (Å²) >= 11 is 7.34. The Bertz CT molecular complexity index is 279. The van der Waals surface area contributed by atoms with E-state index >= 15 is 0 Å². The Morgan fingerprint density at radius 2 is 1.67 bits per heavy atom. The van der Waals surface area contributed by atoms with Crippen LogP contribution in [0.25, 0.3) is 0 Å². The highest BCUT2D eigenvalue weighted by molar-refractivity contribution is 9.25. The largest absolute Gasteiger partial charge is 0.0908 e. The Kier molecular flexibility index (Phi) is 2.08. The van der Waals surface area contributed by atoms with Crippen LogP contribution in [-0.2, 0) is 0 Å². The highest BCUT2D eigenvalue weighted by Gasteiger charge is 2.59. The van der Waals surface area contributed by atoms with E-state index in [2.05, 4.69) is 69.1 Å². The van der Waals surface area contributed by atoms with Crippen molar-refractivity contribution in [3.63, 3.8) is 0 Å². The van der Waals surface area contributed by atoms with Crippen LogP contribution in [0.1, 0.15) is 18.4 Å². The van der Waals surface area contributed by atoms with Crippen LogP contribution in [0.4, 0.5) is 0 Å². The summed E-state index contributed by atoms with van der Waals surface area (Å²) < 4.78 is 0.154. The van der Waals surface area contributed by atoms with E-state index in [9.17, 15) is 0 Å². The second-order valence-electron chi connectivity index (χ2n) is 3.35. The van der Waals surface area contributed by atoms with Crippen molar-refractivity contribution >= 4 is 31.9 Å². The Hall–Kier alpha value is 0.180. The molecule has 0 bridgehead atoms. The van der Waals surface area contributed by atoms with Gasteiger partial charge in [0.2, 0.25) is 0 Å². The summed E-state index contributed by atoms with van der Waals surface area (Å²) in [5.74, 6) is 1.30. The first-order valence-corrected chi connectivity index (χ1v) is 5.65. The van der Waals surface area contributed by atoms with Crippen LogP contribution in [0.3, 0.4) is 0 Å². The first-order valence-electron chi connectivity index (χ1n) is 4.07. The summed E-state index contributed by atoms with van der Waals surface area (Å²) in [7, 11) is 0. The van der Waals surface area contributed by atoms with Crippen LogP contribution in [-0.4, -0.2) is 3.23 Å². The molecule has 0 N–H and O–H groups in total. The first-order chi connectivity index (χ1) is 5.64. The Morgan fingerprint density at radius 1 is 1.17 bits per heavy atom. The van der Waals surface area contributed by atoms with Crippen molar-refractivity contribution in [2.75, 3.05) is 0 Å². The molecule has 0 heterocycles. The molecule has 0 aromatic heterocycles. The van der Waals surface area contributed by atoms with Crippen LogP contribution in [0.2, 0.25) is 0 Å². The van der Waals surface area contributed by atoms with Gasteiger partial charge >= 0.3 is 0 Å². The van der Waals surface area contributed by atoms with E-state index in [1.807, 2.05) is 0 Å². The third-order valence-corrected chi connectivity index (χ3v) is 5.00. The molecule has 1 fully saturated rings. The molecule has 1 aromatic rings. The molecule has 12 heavy (non-hydrogen) atoms. The van der Waals surface area contributed by atoms with Gasteiger partial charge in [-0.3, -0.25) is 0 Å². The minimum Gasteiger partial charge on any atom is -0.0717 e. The second-order valence-corrected chi connectivity index (χ2v) is 7.04. The van der Waals surface area contributed by atoms with Crippen LogP contribution in [0.5, 0.6) is 0 Å². The Balaban J connectivity index is 2.25. The van der Waals surface area contributed by atoms with Crippen molar-refractivity contribution in [3.8, 4) is 0 Å². The number of benzene rings is 1. The van der Waals surface area contributed by atoms with Gasteiger partial charge in [0, 0.05) is 5.92 Å². The molecular weight excluding hydrogens is 280 g/mol. The van der Waals surface area contributed by atoms with Gasteiger partial charge in [-0.25, -0.2) is 0 Å². The van der Waals surface area contributed by atoms with Crippen molar-refractivity contribution in [2.45, 2.75) is 16.1 Å². The lowest BCUT2D eigenvalue weighted by atomic mass is 10.1. The maximum atomic E-state index is 3.67. The van der Waals surface area contributed by atoms with E-state index < -0.39 is 0 Å². The molecule has 2 heteroatoms. The molecule has 0 amide bonds. The van der Waals surface area contributed by atoms with Crippen molar-refractivity contribution in [1.29, 1.82) is 0 Å². The van der Waals surface area contributed by atoms with E-state index in [4.69, 9.17) is 0 Å². The molecule has 0 radical (unpaired) electrons. The highest BCUT2D eigenvalue weighted by Crippen LogP contribution is 2.66. The van der Waals surface area contributed by atoms with E-state index in [-0.39, 0.29) is 3.23 Å². The fourth-order valence-corrected chi connectivity index (χ4v) is 3.24. The molecule has 1 aliphatic carbocycles. The SMILES string of the molecule is C[C@@H]1[C@@H](c2ccccc2)C1(Br)Br. The van der Waals surface area contributed by atoms with Gasteiger partial charge in [0.05, 0.1) is 3.23 Å². The molecule has 1 aromatic carbocycles. The van der Waals surface area contributed by atoms with Gasteiger partial charge in [-0.05, 0) is 11.5 Å². The molecule has 2 rings (SSSR count). The van der Waals surface area contributed by atoms with Gasteiger partial charge in [0.1, 0.15) is 0 Å². The van der Waals surface area contributed by atoms with Crippen LogP contribution >= 0.6 is 31.9 Å². The van der Waals surface area contributed by atoms with Crippen LogP contribution in [0.15, 0.2) is 30.3 Å². The van der Waals surface area contributed by atoms with Crippen molar-refractivity contribution in [3.05, 3.63) is 35.9 Å². The van der Waals surface area contributed by atoms with E-state index in [1.165, 1.54) is 5.56 Å². The summed E-state index contributed by atoms with van der Waals surface area (Å²) in [6, 6.07) is 10.6. The lowest BCUT2D eigenvalue weighted by molar-refractivity contribution is 0.914. The van der Waals surface area contributed by atoms with E-state index in [0.29, 0.717) is 11.8 Å². The topological polar surface area (TPSA) is 0 Å². The van der Waals surface area contributed by atoms with Crippen LogP contribution < -0.4 is 0 Å². The number of hydrogen-bond acceptors (Lipinski definition) is 0. The molecule has 0 unspecified atom stereocenters. The zero-order valence-electron chi connectivity index (χ0n) is 6.80. The van der Waals surface area contributed by atoms with Gasteiger partial charge in [-0.15, -0.1) is 0 Å². The normalized spacial score (nSPS) is 31.6. The third kappa shape index (κ3) is 1.25. The van der Waals surface area contributed by atoms with Gasteiger partial charge in [-0.2, -0.15) is 0 Å². The molecule has 0 saturated heterocycles. The Labute approximate surface area is 89.6 Å². The standard InChI is InChI=1S/C10H10Br2/c1-7-9(10(7,11)12)8-5-3-2-4-6-8/h2-7,9H,1H3/t7-,9+/m1/s1. The summed E-state index contributed by atoms with van der Waals surface area (Å²) in [5, 5.41) is 0. The van der Waals surface area contributed by atoms with Gasteiger partial charge in [0.25, 0.3) is 0 Å². The summed E-state index contributed by atoms with van der Waals surface area (Å²) in [4.78, 5) is 0. The first kappa shape index (κ1) is 8.76. The minimum absolute atomic E-state index is 0.154. The average molecular weight is 290 g/mol. The predicted octanol–water partition coefficient (Wildman–Crippen LogP) is 3.91. The molecule has 2 atom stereocenters. The zero-order valence-corrected chi connectivity index (χ0v) is 9.97. The summed E-state index contributed by atoms with van der Waals surface area (Å²) in [5.41, 5.74) is 1.42. The lowest BCUT2D eigenvalue weighted by Gasteiger charge is -1.98. The molecular formula is C10H10Br2. The molecule has 1 aliphatic rings. The van der Waals surface area contributed by atoms with E-state index in [1.54, 1.807) is 0 Å². The average Bonchev–Trinajstić information content (AvgIpc) is 2.53. The molecule has 64 valence electrons. The minimum atomic E-state index is 0.154. The maximum absolute atomic E-state index is 3.67. The Morgan fingerprint density at radius 3 is 2.08 bits per heavy atom. The second kappa shape index (κ2) is 2.85. The number of halogens is 2. The molecule has 0 aliphatic heterocycles. The predicted molar refractivity (Wildman–Crippen MR) is 58.9 cm³/mol. The third-order valence-electron chi connectivity index (χ3n) is 2.57. The van der Waals surface area contributed by atoms with Crippen molar-refractivity contribution in [1.82, 2.24) is 0 Å². The van der Waals surface area contributed by atoms with Gasteiger partial charge in [0.15, 0.2) is 0 Å². The molecule has 1 saturated carbocycles. The number of rotatable bonds is 1. The molecule has 0 spiro atoms. The van der Waals surface area contributed by atoms with Gasteiger partial charge < -0.3 is 0 Å². The maximum Gasteiger partial charge on any atom is 0.0908 e. The molecule has 0 nitrogen and oxygen atoms in total. The zero-order chi connectivity index (χ0) is 8.77. The van der Waals surface area contributed by atoms with Crippen molar-refractivity contribution in [2.24, 2.45) is 5.92 Å². The monoisotopic (exact) mass is 288 g/mol. The summed E-state index contributed by atoms with van der Waals surface area (Å²) in [6.07, 6.45) is 0. The van der Waals surface area contributed by atoms with E-state index in [0.717, 1.165) is 0 Å². The summed E-state index contributed by atoms with van der Waals surface area (Å²) in [6.45, 7) is 2.25. The number of hydrogen-bond donors (Lipinski definition) is 0. The quantitative estimate of drug-likeness (QED) is 0.688. The smallest absolute Gasteiger partial charge is 0.0717 e. The lowest BCUT2D eigenvalue weighted by Crippen LogP contribution is -1.87. The van der Waals surface area contributed by atoms with Gasteiger partial charge in [-0.1, -0.05) is 69.1 Å². The highest BCUT2D eigenvalue weighted by atomic mass is 79.9. The van der Waals surface area contributed by atoms with Crippen LogP contribution in [0, 0.1) is 5.92 Å². The number of alkyl halides is 2.